The Hall–Kier alpha value is -4.01. The average molecular weight is 690 g/mol. The molecule has 0 unspecified atom stereocenters. The molecule has 15 heteroatoms. The number of amides is 2. The van der Waals surface area contributed by atoms with Crippen LogP contribution in [0.25, 0.3) is 11.1 Å². The minimum absolute atomic E-state index is 0.0263. The first-order chi connectivity index (χ1) is 22.3. The average Bonchev–Trinajstić information content (AvgIpc) is 3.20. The number of piperidine rings is 1. The molecule has 2 aromatic carbocycles. The second-order valence-electron chi connectivity index (χ2n) is 12.0. The standard InChI is InChI=1S/C32H37ClFN5O7S/c1-20(17-35-47(3,44)45)39-31(42)26(25-5-4-6-27(34)30(25)33)18-37(32(39)43)19-29(41)36-12-10-23(11-13-36)38-14-9-22-15-24(46-2)8-7-21(22)16-28(38)40/h4-8,15,18,20,23,35H,9-14,16-17,19H2,1-3H3/t20-/m0/s1. The van der Waals surface area contributed by atoms with E-state index in [4.69, 9.17) is 16.3 Å². The Morgan fingerprint density at radius 1 is 1.09 bits per heavy atom. The summed E-state index contributed by atoms with van der Waals surface area (Å²) >= 11 is 6.20. The Balaban J connectivity index is 1.34. The highest BCUT2D eigenvalue weighted by Gasteiger charge is 2.32. The van der Waals surface area contributed by atoms with Crippen LogP contribution in [0.2, 0.25) is 5.02 Å². The van der Waals surface area contributed by atoms with Crippen LogP contribution in [0.4, 0.5) is 4.39 Å². The van der Waals surface area contributed by atoms with Gasteiger partial charge in [-0.3, -0.25) is 23.5 Å². The number of rotatable bonds is 9. The highest BCUT2D eigenvalue weighted by atomic mass is 35.5. The van der Waals surface area contributed by atoms with Crippen LogP contribution >= 0.6 is 11.6 Å². The maximum absolute atomic E-state index is 14.4. The quantitative estimate of drug-likeness (QED) is 0.364. The van der Waals surface area contributed by atoms with Crippen LogP contribution in [0.15, 0.2) is 52.2 Å². The predicted octanol–water partition coefficient (Wildman–Crippen LogP) is 2.21. The van der Waals surface area contributed by atoms with Crippen LogP contribution in [-0.4, -0.2) is 84.8 Å². The second kappa shape index (κ2) is 14.0. The largest absolute Gasteiger partial charge is 0.497 e. The van der Waals surface area contributed by atoms with Gasteiger partial charge in [0.2, 0.25) is 21.8 Å². The van der Waals surface area contributed by atoms with Crippen molar-refractivity contribution in [1.29, 1.82) is 0 Å². The van der Waals surface area contributed by atoms with Gasteiger partial charge in [-0.2, -0.15) is 0 Å². The van der Waals surface area contributed by atoms with E-state index in [1.54, 1.807) is 12.0 Å². The van der Waals surface area contributed by atoms with E-state index in [9.17, 15) is 32.0 Å². The molecule has 3 heterocycles. The molecule has 47 heavy (non-hydrogen) atoms. The summed E-state index contributed by atoms with van der Waals surface area (Å²) in [7, 11) is -2.03. The minimum atomic E-state index is -3.64. The lowest BCUT2D eigenvalue weighted by Gasteiger charge is -2.38. The lowest BCUT2D eigenvalue weighted by atomic mass is 10.0. The third kappa shape index (κ3) is 7.60. The number of hydrogen-bond acceptors (Lipinski definition) is 7. The van der Waals surface area contributed by atoms with E-state index >= 15 is 0 Å². The Morgan fingerprint density at radius 3 is 2.49 bits per heavy atom. The molecule has 1 fully saturated rings. The van der Waals surface area contributed by atoms with E-state index in [1.807, 2.05) is 23.1 Å². The number of aromatic nitrogens is 2. The summed E-state index contributed by atoms with van der Waals surface area (Å²) in [5, 5.41) is -0.332. The van der Waals surface area contributed by atoms with Gasteiger partial charge in [0.25, 0.3) is 5.56 Å². The third-order valence-electron chi connectivity index (χ3n) is 8.77. The lowest BCUT2D eigenvalue weighted by molar-refractivity contribution is -0.136. The van der Waals surface area contributed by atoms with E-state index in [0.29, 0.717) is 45.3 Å². The molecule has 252 valence electrons. The molecule has 1 N–H and O–H groups in total. The van der Waals surface area contributed by atoms with Crippen molar-refractivity contribution in [3.05, 3.63) is 85.4 Å². The first kappa shape index (κ1) is 34.3. The van der Waals surface area contributed by atoms with Crippen molar-refractivity contribution in [2.24, 2.45) is 0 Å². The predicted molar refractivity (Wildman–Crippen MR) is 175 cm³/mol. The van der Waals surface area contributed by atoms with E-state index in [0.717, 1.165) is 38.3 Å². The Kier molecular flexibility index (Phi) is 10.2. The molecule has 0 saturated carbocycles. The van der Waals surface area contributed by atoms with Crippen LogP contribution in [0.1, 0.15) is 36.9 Å². The van der Waals surface area contributed by atoms with Crippen molar-refractivity contribution >= 4 is 33.4 Å². The van der Waals surface area contributed by atoms with E-state index < -0.39 is 39.7 Å². The SMILES string of the molecule is COc1ccc2c(c1)CCN(C1CCN(C(=O)Cn3cc(-c4cccc(F)c4Cl)c(=O)n([C@@H](C)CNS(C)(=O)=O)c3=O)CC1)C(=O)C2. The van der Waals surface area contributed by atoms with Crippen LogP contribution < -0.4 is 20.7 Å². The van der Waals surface area contributed by atoms with E-state index in [2.05, 4.69) is 4.72 Å². The number of benzene rings is 2. The van der Waals surface area contributed by atoms with Gasteiger partial charge in [-0.1, -0.05) is 29.8 Å². The van der Waals surface area contributed by atoms with Crippen molar-refractivity contribution in [2.45, 2.75) is 51.2 Å². The molecule has 3 aromatic rings. The summed E-state index contributed by atoms with van der Waals surface area (Å²) in [4.78, 5) is 57.4. The molecule has 1 saturated heterocycles. The number of likely N-dealkylation sites (tertiary alicyclic amines) is 1. The monoisotopic (exact) mass is 689 g/mol. The van der Waals surface area contributed by atoms with Crippen LogP contribution in [0.5, 0.6) is 5.75 Å². The van der Waals surface area contributed by atoms with Gasteiger partial charge < -0.3 is 14.5 Å². The summed E-state index contributed by atoms with van der Waals surface area (Å²) in [6.07, 6.45) is 4.25. The first-order valence-corrected chi connectivity index (χ1v) is 17.5. The van der Waals surface area contributed by atoms with Gasteiger partial charge >= 0.3 is 5.69 Å². The summed E-state index contributed by atoms with van der Waals surface area (Å²) in [5.74, 6) is -0.367. The van der Waals surface area contributed by atoms with Crippen molar-refractivity contribution < 1.29 is 27.1 Å². The topological polar surface area (TPSA) is 140 Å². The first-order valence-electron chi connectivity index (χ1n) is 15.3. The Bertz CT molecular complexity index is 1920. The van der Waals surface area contributed by atoms with Gasteiger partial charge in [0.05, 0.1) is 36.4 Å². The molecule has 1 atom stereocenters. The van der Waals surface area contributed by atoms with Gasteiger partial charge in [-0.15, -0.1) is 0 Å². The lowest BCUT2D eigenvalue weighted by Crippen LogP contribution is -2.51. The van der Waals surface area contributed by atoms with Crippen LogP contribution in [0.3, 0.4) is 0 Å². The number of hydrogen-bond donors (Lipinski definition) is 1. The Labute approximate surface area is 276 Å². The third-order valence-corrected chi connectivity index (χ3v) is 9.85. The molecule has 0 aliphatic carbocycles. The number of nitrogens with one attached hydrogen (secondary N) is 1. The molecule has 2 amide bonds. The molecule has 0 bridgehead atoms. The van der Waals surface area contributed by atoms with E-state index in [1.165, 1.54) is 25.3 Å². The number of carbonyl (C=O) groups excluding carboxylic acids is 2. The fraction of sp³-hybridized carbons (Fsp3) is 0.438. The zero-order valence-corrected chi connectivity index (χ0v) is 27.9. The molecular weight excluding hydrogens is 653 g/mol. The highest BCUT2D eigenvalue weighted by molar-refractivity contribution is 7.88. The van der Waals surface area contributed by atoms with E-state index in [-0.39, 0.29) is 40.6 Å². The molecule has 12 nitrogen and oxygen atoms in total. The van der Waals surface area contributed by atoms with Crippen molar-refractivity contribution in [2.75, 3.05) is 39.5 Å². The van der Waals surface area contributed by atoms with Crippen LogP contribution in [0, 0.1) is 5.82 Å². The highest BCUT2D eigenvalue weighted by Crippen LogP contribution is 2.28. The van der Waals surface area contributed by atoms with Gasteiger partial charge in [-0.05, 0) is 55.5 Å². The number of methoxy groups -OCH3 is 1. The maximum atomic E-state index is 14.4. The molecule has 1 aromatic heterocycles. The van der Waals surface area contributed by atoms with Crippen molar-refractivity contribution in [3.63, 3.8) is 0 Å². The minimum Gasteiger partial charge on any atom is -0.497 e. The van der Waals surface area contributed by atoms with Crippen molar-refractivity contribution in [1.82, 2.24) is 23.7 Å². The maximum Gasteiger partial charge on any atom is 0.331 e. The number of sulfonamides is 1. The van der Waals surface area contributed by atoms with Gasteiger partial charge in [0.15, 0.2) is 0 Å². The smallest absolute Gasteiger partial charge is 0.331 e. The molecular formula is C32H37ClFN5O7S. The number of halogens is 2. The van der Waals surface area contributed by atoms with Gasteiger partial charge in [0.1, 0.15) is 18.1 Å². The fourth-order valence-corrected chi connectivity index (χ4v) is 6.98. The number of ether oxygens (including phenoxy) is 1. The number of fused-ring (bicyclic) bond motifs is 1. The summed E-state index contributed by atoms with van der Waals surface area (Å²) in [6.45, 7) is 2.07. The number of nitrogens with zero attached hydrogens (tertiary/aromatic N) is 4. The molecule has 5 rings (SSSR count). The number of carbonyl (C=O) groups is 2. The molecule has 0 spiro atoms. The summed E-state index contributed by atoms with van der Waals surface area (Å²) < 4.78 is 47.3. The normalized spacial score (nSPS) is 16.5. The zero-order chi connectivity index (χ0) is 34.0. The van der Waals surface area contributed by atoms with Crippen LogP contribution in [-0.2, 0) is 39.0 Å². The fourth-order valence-electron chi connectivity index (χ4n) is 6.21. The van der Waals surface area contributed by atoms with Gasteiger partial charge in [-0.25, -0.2) is 22.3 Å². The summed E-state index contributed by atoms with van der Waals surface area (Å²) in [5.41, 5.74) is 0.336. The summed E-state index contributed by atoms with van der Waals surface area (Å²) in [6, 6.07) is 8.67. The molecule has 2 aliphatic heterocycles. The molecule has 2 aliphatic rings. The van der Waals surface area contributed by atoms with Crippen molar-refractivity contribution in [3.8, 4) is 16.9 Å². The molecule has 0 radical (unpaired) electrons. The van der Waals surface area contributed by atoms with Gasteiger partial charge in [0, 0.05) is 44.0 Å². The Morgan fingerprint density at radius 2 is 1.81 bits per heavy atom. The second-order valence-corrected chi connectivity index (χ2v) is 14.2. The zero-order valence-electron chi connectivity index (χ0n) is 26.4.